The van der Waals surface area contributed by atoms with Crippen molar-refractivity contribution < 1.29 is 4.79 Å². The summed E-state index contributed by atoms with van der Waals surface area (Å²) in [7, 11) is 0. The summed E-state index contributed by atoms with van der Waals surface area (Å²) in [5.41, 5.74) is 3.50. The fraction of sp³-hybridized carbons (Fsp3) is 0.250. The number of benzene rings is 1. The van der Waals surface area contributed by atoms with Gasteiger partial charge >= 0.3 is 0 Å². The Kier molecular flexibility index (Phi) is 3.10. The van der Waals surface area contributed by atoms with E-state index in [0.29, 0.717) is 11.3 Å². The number of nitrogens with zero attached hydrogens (tertiary/aromatic N) is 2. The number of hydrogen-bond donors (Lipinski definition) is 0. The van der Waals surface area contributed by atoms with Gasteiger partial charge < -0.3 is 0 Å². The third-order valence-corrected chi connectivity index (χ3v) is 3.28. The van der Waals surface area contributed by atoms with Crippen molar-refractivity contribution in [2.45, 2.75) is 20.3 Å². The smallest absolute Gasteiger partial charge is 0.180 e. The van der Waals surface area contributed by atoms with E-state index in [2.05, 4.69) is 29.5 Å². The highest BCUT2D eigenvalue weighted by molar-refractivity contribution is 7.07. The Morgan fingerprint density at radius 3 is 2.75 bits per heavy atom. The number of Topliss-reactive ketones (excluding diaryl/α,β-unsaturated/α-hetero) is 1. The largest absolute Gasteiger partial charge is 0.293 e. The Balaban J connectivity index is 2.15. The van der Waals surface area contributed by atoms with E-state index >= 15 is 0 Å². The van der Waals surface area contributed by atoms with Gasteiger partial charge in [-0.05, 0) is 42.1 Å². The summed E-state index contributed by atoms with van der Waals surface area (Å²) in [6, 6.07) is 6.10. The molecule has 1 heterocycles. The Morgan fingerprint density at radius 2 is 2.12 bits per heavy atom. The molecule has 16 heavy (non-hydrogen) atoms. The van der Waals surface area contributed by atoms with E-state index in [0.717, 1.165) is 17.1 Å². The molecule has 2 rings (SSSR count). The highest BCUT2D eigenvalue weighted by Gasteiger charge is 2.09. The molecule has 0 bridgehead atoms. The number of ketones is 1. The number of hydrogen-bond acceptors (Lipinski definition) is 4. The molecule has 0 amide bonds. The van der Waals surface area contributed by atoms with Crippen LogP contribution in [-0.4, -0.2) is 15.4 Å². The molecule has 0 unspecified atom stereocenters. The van der Waals surface area contributed by atoms with Crippen LogP contribution >= 0.6 is 11.5 Å². The quantitative estimate of drug-likeness (QED) is 0.764. The Morgan fingerprint density at radius 1 is 1.31 bits per heavy atom. The summed E-state index contributed by atoms with van der Waals surface area (Å²) >= 11 is 1.15. The van der Waals surface area contributed by atoms with Crippen molar-refractivity contribution in [2.24, 2.45) is 0 Å². The van der Waals surface area contributed by atoms with E-state index in [-0.39, 0.29) is 5.78 Å². The molecular weight excluding hydrogens is 220 g/mol. The van der Waals surface area contributed by atoms with E-state index < -0.39 is 0 Å². The molecule has 0 aliphatic carbocycles. The highest BCUT2D eigenvalue weighted by Crippen LogP contribution is 2.13. The molecule has 0 N–H and O–H groups in total. The van der Waals surface area contributed by atoms with Gasteiger partial charge in [0.25, 0.3) is 0 Å². The van der Waals surface area contributed by atoms with Crippen LogP contribution in [0.25, 0.3) is 0 Å². The van der Waals surface area contributed by atoms with Gasteiger partial charge in [-0.25, -0.2) is 0 Å². The van der Waals surface area contributed by atoms with Crippen molar-refractivity contribution in [1.29, 1.82) is 0 Å². The normalized spacial score (nSPS) is 10.4. The molecule has 0 aliphatic rings. The van der Waals surface area contributed by atoms with Crippen molar-refractivity contribution in [3.8, 4) is 0 Å². The van der Waals surface area contributed by atoms with Crippen LogP contribution < -0.4 is 0 Å². The lowest BCUT2D eigenvalue weighted by atomic mass is 10.0. The molecule has 0 radical (unpaired) electrons. The van der Waals surface area contributed by atoms with Gasteiger partial charge in [-0.3, -0.25) is 4.79 Å². The van der Waals surface area contributed by atoms with Crippen molar-refractivity contribution >= 4 is 17.3 Å². The van der Waals surface area contributed by atoms with Gasteiger partial charge in [0.1, 0.15) is 4.88 Å². The fourth-order valence-electron chi connectivity index (χ4n) is 1.48. The molecule has 82 valence electrons. The first-order chi connectivity index (χ1) is 7.66. The molecule has 2 aromatic rings. The number of aryl methyl sites for hydroxylation is 2. The highest BCUT2D eigenvalue weighted by atomic mass is 32.1. The third-order valence-electron chi connectivity index (χ3n) is 2.57. The zero-order valence-electron chi connectivity index (χ0n) is 9.23. The Bertz CT molecular complexity index is 506. The molecule has 3 nitrogen and oxygen atoms in total. The van der Waals surface area contributed by atoms with Crippen molar-refractivity contribution in [3.05, 3.63) is 46.0 Å². The first-order valence-corrected chi connectivity index (χ1v) is 5.81. The van der Waals surface area contributed by atoms with Crippen LogP contribution in [0.3, 0.4) is 0 Å². The lowest BCUT2D eigenvalue weighted by Crippen LogP contribution is -2.01. The lowest BCUT2D eigenvalue weighted by Gasteiger charge is -2.03. The van der Waals surface area contributed by atoms with Crippen LogP contribution in [0.2, 0.25) is 0 Å². The van der Waals surface area contributed by atoms with Crippen LogP contribution in [0.4, 0.5) is 0 Å². The lowest BCUT2D eigenvalue weighted by molar-refractivity contribution is 0.0996. The molecule has 0 aliphatic heterocycles. The molecule has 0 atom stereocenters. The van der Waals surface area contributed by atoms with Gasteiger partial charge in [0.15, 0.2) is 5.78 Å². The van der Waals surface area contributed by atoms with Crippen LogP contribution in [-0.2, 0) is 6.42 Å². The monoisotopic (exact) mass is 232 g/mol. The van der Waals surface area contributed by atoms with Crippen molar-refractivity contribution in [1.82, 2.24) is 9.59 Å². The minimum Gasteiger partial charge on any atom is -0.293 e. The van der Waals surface area contributed by atoms with Gasteiger partial charge in [-0.2, -0.15) is 0 Å². The topological polar surface area (TPSA) is 42.9 Å². The van der Waals surface area contributed by atoms with E-state index in [9.17, 15) is 4.79 Å². The summed E-state index contributed by atoms with van der Waals surface area (Å²) in [6.45, 7) is 4.12. The first-order valence-electron chi connectivity index (χ1n) is 5.03. The van der Waals surface area contributed by atoms with Gasteiger partial charge in [0, 0.05) is 6.42 Å². The molecule has 4 heteroatoms. The second-order valence-corrected chi connectivity index (χ2v) is 4.59. The van der Waals surface area contributed by atoms with E-state index in [1.165, 1.54) is 17.3 Å². The first kappa shape index (κ1) is 11.0. The van der Waals surface area contributed by atoms with Crippen molar-refractivity contribution in [2.75, 3.05) is 0 Å². The minimum atomic E-state index is 0.0817. The van der Waals surface area contributed by atoms with Gasteiger partial charge in [0.05, 0.1) is 6.20 Å². The maximum atomic E-state index is 11.8. The summed E-state index contributed by atoms with van der Waals surface area (Å²) in [4.78, 5) is 12.4. The summed E-state index contributed by atoms with van der Waals surface area (Å²) in [6.07, 6.45) is 1.94. The summed E-state index contributed by atoms with van der Waals surface area (Å²) < 4.78 is 3.69. The third kappa shape index (κ3) is 2.33. The molecule has 0 saturated carbocycles. The van der Waals surface area contributed by atoms with E-state index in [4.69, 9.17) is 0 Å². The predicted molar refractivity (Wildman–Crippen MR) is 63.9 cm³/mol. The van der Waals surface area contributed by atoms with Gasteiger partial charge in [0.2, 0.25) is 0 Å². The molecule has 0 saturated heterocycles. The SMILES string of the molecule is Cc1ccc(CC(=O)c2cnns2)cc1C. The number of rotatable bonds is 3. The van der Waals surface area contributed by atoms with Crippen LogP contribution in [0.5, 0.6) is 0 Å². The fourth-order valence-corrected chi connectivity index (χ4v) is 1.93. The number of carbonyl (C=O) groups excluding carboxylic acids is 1. The summed E-state index contributed by atoms with van der Waals surface area (Å²) in [5.74, 6) is 0.0817. The molecular formula is C12H12N2OS. The maximum Gasteiger partial charge on any atom is 0.180 e. The minimum absolute atomic E-state index is 0.0817. The number of carbonyl (C=O) groups is 1. The van der Waals surface area contributed by atoms with Crippen LogP contribution in [0.15, 0.2) is 24.4 Å². The average molecular weight is 232 g/mol. The molecule has 0 spiro atoms. The van der Waals surface area contributed by atoms with Crippen LogP contribution in [0, 0.1) is 13.8 Å². The average Bonchev–Trinajstić information content (AvgIpc) is 2.77. The van der Waals surface area contributed by atoms with Gasteiger partial charge in [-0.15, -0.1) is 5.10 Å². The Hall–Kier alpha value is -1.55. The maximum absolute atomic E-state index is 11.8. The van der Waals surface area contributed by atoms with E-state index in [1.54, 1.807) is 0 Å². The second-order valence-electron chi connectivity index (χ2n) is 3.80. The second kappa shape index (κ2) is 4.53. The standard InChI is InChI=1S/C12H12N2OS/c1-8-3-4-10(5-9(8)2)6-11(15)12-7-13-14-16-12/h3-5,7H,6H2,1-2H3. The molecule has 0 fully saturated rings. The zero-order chi connectivity index (χ0) is 11.5. The van der Waals surface area contributed by atoms with Crippen LogP contribution in [0.1, 0.15) is 26.4 Å². The Labute approximate surface area is 98.3 Å². The van der Waals surface area contributed by atoms with E-state index in [1.807, 2.05) is 12.1 Å². The molecule has 1 aromatic heterocycles. The number of aromatic nitrogens is 2. The molecule has 1 aromatic carbocycles. The van der Waals surface area contributed by atoms with Crippen molar-refractivity contribution in [3.63, 3.8) is 0 Å². The van der Waals surface area contributed by atoms with Gasteiger partial charge in [-0.1, -0.05) is 22.7 Å². The summed E-state index contributed by atoms with van der Waals surface area (Å²) in [5, 5.41) is 3.66. The zero-order valence-corrected chi connectivity index (χ0v) is 10.0. The predicted octanol–water partition coefficient (Wildman–Crippen LogP) is 2.58.